The van der Waals surface area contributed by atoms with Crippen LogP contribution in [0.15, 0.2) is 57.8 Å². The summed E-state index contributed by atoms with van der Waals surface area (Å²) in [5.74, 6) is -1.98. The van der Waals surface area contributed by atoms with E-state index in [1.165, 1.54) is 0 Å². The van der Waals surface area contributed by atoms with Crippen molar-refractivity contribution in [3.8, 4) is 0 Å². The molecular formula is C26H29NO5. The van der Waals surface area contributed by atoms with Crippen molar-refractivity contribution < 1.29 is 19.8 Å². The molecule has 0 saturated carbocycles. The lowest BCUT2D eigenvalue weighted by atomic mass is 9.67. The van der Waals surface area contributed by atoms with E-state index in [1.54, 1.807) is 18.2 Å². The van der Waals surface area contributed by atoms with Gasteiger partial charge in [-0.3, -0.25) is 14.4 Å². The zero-order valence-electron chi connectivity index (χ0n) is 18.9. The van der Waals surface area contributed by atoms with E-state index in [0.29, 0.717) is 5.52 Å². The maximum atomic E-state index is 13.2. The minimum absolute atomic E-state index is 0.0414. The van der Waals surface area contributed by atoms with Crippen LogP contribution in [0.5, 0.6) is 0 Å². The van der Waals surface area contributed by atoms with Crippen LogP contribution >= 0.6 is 0 Å². The van der Waals surface area contributed by atoms with Crippen LogP contribution < -0.4 is 5.56 Å². The zero-order chi connectivity index (χ0) is 23.4. The molecule has 0 aliphatic heterocycles. The molecule has 3 N–H and O–H groups in total. The van der Waals surface area contributed by atoms with E-state index in [9.17, 15) is 24.6 Å². The number of H-pyrrole nitrogens is 1. The maximum absolute atomic E-state index is 13.2. The Morgan fingerprint density at radius 2 is 1.31 bits per heavy atom. The van der Waals surface area contributed by atoms with E-state index in [-0.39, 0.29) is 65.5 Å². The van der Waals surface area contributed by atoms with Crippen LogP contribution in [0.3, 0.4) is 0 Å². The Morgan fingerprint density at radius 1 is 0.812 bits per heavy atom. The minimum atomic E-state index is -1.12. The smallest absolute Gasteiger partial charge is 0.252 e. The largest absolute Gasteiger partial charge is 0.512 e. The number of nitrogens with one attached hydrogen (secondary N) is 1. The Morgan fingerprint density at radius 3 is 1.81 bits per heavy atom. The van der Waals surface area contributed by atoms with Crippen molar-refractivity contribution >= 4 is 22.5 Å². The van der Waals surface area contributed by atoms with E-state index in [0.717, 1.165) is 5.39 Å². The molecule has 0 spiro atoms. The van der Waals surface area contributed by atoms with E-state index >= 15 is 0 Å². The lowest BCUT2D eigenvalue weighted by molar-refractivity contribution is -0.119. The molecule has 0 amide bonds. The number of rotatable bonds is 3. The molecule has 0 radical (unpaired) electrons. The van der Waals surface area contributed by atoms with E-state index in [1.807, 2.05) is 39.8 Å². The van der Waals surface area contributed by atoms with Crippen LogP contribution in [0.2, 0.25) is 0 Å². The molecule has 2 aliphatic carbocycles. The second-order valence-electron chi connectivity index (χ2n) is 10.7. The fourth-order valence-electron chi connectivity index (χ4n) is 5.09. The van der Waals surface area contributed by atoms with Gasteiger partial charge in [0.05, 0.1) is 5.92 Å². The lowest BCUT2D eigenvalue weighted by Gasteiger charge is -2.36. The number of aliphatic hydroxyl groups excluding tert-OH is 2. The monoisotopic (exact) mass is 435 g/mol. The van der Waals surface area contributed by atoms with Crippen molar-refractivity contribution in [3.05, 3.63) is 68.9 Å². The fourth-order valence-corrected chi connectivity index (χ4v) is 5.09. The number of carbonyl (C=O) groups is 2. The van der Waals surface area contributed by atoms with Gasteiger partial charge in [0.2, 0.25) is 0 Å². The van der Waals surface area contributed by atoms with Gasteiger partial charge in [0.15, 0.2) is 11.6 Å². The van der Waals surface area contributed by atoms with Gasteiger partial charge in [0.1, 0.15) is 11.5 Å². The number of aromatic amines is 1. The molecule has 1 aromatic heterocycles. The average molecular weight is 436 g/mol. The number of aromatic nitrogens is 1. The molecule has 168 valence electrons. The normalized spacial score (nSPS) is 21.0. The summed E-state index contributed by atoms with van der Waals surface area (Å²) in [6.45, 7) is 7.56. The predicted molar refractivity (Wildman–Crippen MR) is 123 cm³/mol. The van der Waals surface area contributed by atoms with E-state index in [4.69, 9.17) is 0 Å². The van der Waals surface area contributed by atoms with Crippen LogP contribution in [0.1, 0.15) is 64.9 Å². The van der Waals surface area contributed by atoms with Gasteiger partial charge in [-0.05, 0) is 28.3 Å². The molecule has 0 saturated heterocycles. The molecule has 2 aromatic rings. The average Bonchev–Trinajstić information content (AvgIpc) is 2.63. The summed E-state index contributed by atoms with van der Waals surface area (Å²) in [6.07, 6.45) is 0.873. The molecule has 1 heterocycles. The number of fused-ring (bicyclic) bond motifs is 1. The minimum Gasteiger partial charge on any atom is -0.512 e. The van der Waals surface area contributed by atoms with Crippen molar-refractivity contribution in [2.45, 2.75) is 59.3 Å². The molecular weight excluding hydrogens is 406 g/mol. The Bertz CT molecular complexity index is 1210. The van der Waals surface area contributed by atoms with Gasteiger partial charge in [-0.2, -0.15) is 0 Å². The first-order valence-corrected chi connectivity index (χ1v) is 10.9. The molecule has 0 bridgehead atoms. The fraction of sp³-hybridized carbons (Fsp3) is 0.423. The number of hydrogen-bond acceptors (Lipinski definition) is 5. The molecule has 0 fully saturated rings. The van der Waals surface area contributed by atoms with Gasteiger partial charge in [0, 0.05) is 47.9 Å². The van der Waals surface area contributed by atoms with Gasteiger partial charge in [0.25, 0.3) is 5.56 Å². The number of hydrogen-bond donors (Lipinski definition) is 3. The number of Topliss-reactive ketones (excluding diaryl/α,β-unsaturated/α-hetero) is 2. The Kier molecular flexibility index (Phi) is 5.15. The molecule has 1 aromatic carbocycles. The highest BCUT2D eigenvalue weighted by Gasteiger charge is 2.44. The van der Waals surface area contributed by atoms with Crippen molar-refractivity contribution in [2.24, 2.45) is 10.8 Å². The van der Waals surface area contributed by atoms with Crippen molar-refractivity contribution in [2.75, 3.05) is 0 Å². The third-order valence-corrected chi connectivity index (χ3v) is 6.46. The number of carbonyl (C=O) groups excluding carboxylic acids is 2. The molecule has 6 heteroatoms. The highest BCUT2D eigenvalue weighted by molar-refractivity contribution is 6.05. The van der Waals surface area contributed by atoms with Crippen LogP contribution in [0.25, 0.3) is 10.9 Å². The number of aliphatic hydroxyl groups is 2. The lowest BCUT2D eigenvalue weighted by Crippen LogP contribution is -2.35. The second kappa shape index (κ2) is 7.47. The van der Waals surface area contributed by atoms with Gasteiger partial charge in [-0.1, -0.05) is 45.9 Å². The number of para-hydroxylation sites is 1. The highest BCUT2D eigenvalue weighted by Crippen LogP contribution is 2.47. The van der Waals surface area contributed by atoms with Gasteiger partial charge < -0.3 is 15.2 Å². The topological polar surface area (TPSA) is 107 Å². The Labute approximate surface area is 186 Å². The third kappa shape index (κ3) is 3.90. The summed E-state index contributed by atoms with van der Waals surface area (Å²) in [5, 5.41) is 22.6. The first kappa shape index (κ1) is 22.1. The van der Waals surface area contributed by atoms with Crippen LogP contribution in [0, 0.1) is 10.8 Å². The zero-order valence-corrected chi connectivity index (χ0v) is 18.9. The van der Waals surface area contributed by atoms with Crippen molar-refractivity contribution in [3.63, 3.8) is 0 Å². The third-order valence-electron chi connectivity index (χ3n) is 6.46. The van der Waals surface area contributed by atoms with E-state index in [2.05, 4.69) is 4.98 Å². The summed E-state index contributed by atoms with van der Waals surface area (Å²) in [4.78, 5) is 42.5. The molecule has 4 rings (SSSR count). The number of benzene rings is 1. The summed E-state index contributed by atoms with van der Waals surface area (Å²) in [5.41, 5.74) is -0.430. The van der Waals surface area contributed by atoms with Crippen LogP contribution in [-0.4, -0.2) is 26.8 Å². The molecule has 0 unspecified atom stereocenters. The summed E-state index contributed by atoms with van der Waals surface area (Å²) < 4.78 is 0. The van der Waals surface area contributed by atoms with E-state index < -0.39 is 22.3 Å². The Hall–Kier alpha value is -3.15. The highest BCUT2D eigenvalue weighted by atomic mass is 16.3. The van der Waals surface area contributed by atoms with Gasteiger partial charge in [-0.15, -0.1) is 0 Å². The molecule has 32 heavy (non-hydrogen) atoms. The number of ketones is 2. The van der Waals surface area contributed by atoms with Gasteiger partial charge in [-0.25, -0.2) is 0 Å². The first-order valence-electron chi connectivity index (χ1n) is 10.9. The first-order chi connectivity index (χ1) is 14.9. The molecule has 2 aliphatic rings. The standard InChI is InChI=1S/C26H29NO5/c1-25(2)10-17(28)22(18(29)11-25)21(23-19(30)12-26(3,4)13-20(23)31)15-9-14-7-5-6-8-16(14)27-24(15)32/h5-9,21,28,30H,10-13H2,1-4H3,(H,27,32). The Balaban J connectivity index is 2.01. The molecule has 0 atom stereocenters. The van der Waals surface area contributed by atoms with Gasteiger partial charge >= 0.3 is 0 Å². The van der Waals surface area contributed by atoms with Crippen LogP contribution in [-0.2, 0) is 9.59 Å². The number of allylic oxidation sites excluding steroid dienone is 4. The SMILES string of the molecule is CC1(C)CC(=O)C(C(C2=C(O)CC(C)(C)CC2=O)c2cc3ccccc3[nH]c2=O)=C(O)C1. The number of pyridine rings is 1. The predicted octanol–water partition coefficient (Wildman–Crippen LogP) is 5.01. The van der Waals surface area contributed by atoms with Crippen molar-refractivity contribution in [1.29, 1.82) is 0 Å². The van der Waals surface area contributed by atoms with Crippen molar-refractivity contribution in [1.82, 2.24) is 4.98 Å². The summed E-state index contributed by atoms with van der Waals surface area (Å²) >= 11 is 0. The quantitative estimate of drug-likeness (QED) is 0.628. The maximum Gasteiger partial charge on any atom is 0.252 e. The van der Waals surface area contributed by atoms with Crippen LogP contribution in [0.4, 0.5) is 0 Å². The molecule has 6 nitrogen and oxygen atoms in total. The second-order valence-corrected chi connectivity index (χ2v) is 10.7. The summed E-state index contributed by atoms with van der Waals surface area (Å²) in [7, 11) is 0. The summed E-state index contributed by atoms with van der Waals surface area (Å²) in [6, 6.07) is 8.88.